The van der Waals surface area contributed by atoms with Crippen LogP contribution in [0.1, 0.15) is 28.2 Å². The summed E-state index contributed by atoms with van der Waals surface area (Å²) in [7, 11) is 1.48. The van der Waals surface area contributed by atoms with Crippen LogP contribution in [0.25, 0.3) is 11.3 Å². The number of hydrogen-bond donors (Lipinski definition) is 2. The van der Waals surface area contributed by atoms with Gasteiger partial charge in [-0.2, -0.15) is 0 Å². The number of benzene rings is 2. The molecule has 0 spiro atoms. The quantitative estimate of drug-likeness (QED) is 0.655. The van der Waals surface area contributed by atoms with Crippen molar-refractivity contribution < 1.29 is 18.7 Å². The zero-order valence-corrected chi connectivity index (χ0v) is 15.7. The predicted molar refractivity (Wildman–Crippen MR) is 105 cm³/mol. The summed E-state index contributed by atoms with van der Waals surface area (Å²) >= 11 is 0. The van der Waals surface area contributed by atoms with Crippen LogP contribution in [-0.4, -0.2) is 23.9 Å². The lowest BCUT2D eigenvalue weighted by atomic mass is 10.1. The molecule has 0 aliphatic rings. The van der Waals surface area contributed by atoms with Crippen LogP contribution >= 0.6 is 0 Å². The van der Waals surface area contributed by atoms with Gasteiger partial charge in [-0.1, -0.05) is 29.8 Å². The number of anilines is 1. The van der Waals surface area contributed by atoms with E-state index in [4.69, 9.17) is 14.9 Å². The highest BCUT2D eigenvalue weighted by atomic mass is 16.5. The average molecular weight is 379 g/mol. The Hall–Kier alpha value is -3.61. The number of nitrogens with two attached hydrogens (primary N) is 1. The summed E-state index contributed by atoms with van der Waals surface area (Å²) in [4.78, 5) is 27.9. The number of aromatic nitrogens is 1. The van der Waals surface area contributed by atoms with Crippen molar-refractivity contribution >= 4 is 17.5 Å². The summed E-state index contributed by atoms with van der Waals surface area (Å²) in [6.45, 7) is 2.02. The molecule has 0 saturated carbocycles. The highest BCUT2D eigenvalue weighted by Gasteiger charge is 2.13. The van der Waals surface area contributed by atoms with E-state index in [0.717, 1.165) is 11.1 Å². The van der Waals surface area contributed by atoms with E-state index >= 15 is 0 Å². The standard InChI is InChI=1S/C21H21N3O4/c1-13-3-5-14(6-4-13)18-12-23-20(28-18)10-9-19(25)24-16-11-15(21(22)26)7-8-17(16)27-2/h3-8,11-12H,9-10H2,1-2H3,(H2,22,26)(H,24,25). The highest BCUT2D eigenvalue weighted by molar-refractivity contribution is 5.97. The van der Waals surface area contributed by atoms with Crippen LogP contribution in [0.2, 0.25) is 0 Å². The molecule has 7 nitrogen and oxygen atoms in total. The van der Waals surface area contributed by atoms with Gasteiger partial charge in [0.05, 0.1) is 19.0 Å². The van der Waals surface area contributed by atoms with Gasteiger partial charge in [0, 0.05) is 24.0 Å². The summed E-state index contributed by atoms with van der Waals surface area (Å²) < 4.78 is 10.9. The SMILES string of the molecule is COc1ccc(C(N)=O)cc1NC(=O)CCc1ncc(-c2ccc(C)cc2)o1. The monoisotopic (exact) mass is 379 g/mol. The van der Waals surface area contributed by atoms with Gasteiger partial charge in [0.2, 0.25) is 11.8 Å². The van der Waals surface area contributed by atoms with Crippen molar-refractivity contribution in [2.45, 2.75) is 19.8 Å². The molecule has 3 rings (SSSR count). The molecule has 3 N–H and O–H groups in total. The van der Waals surface area contributed by atoms with Gasteiger partial charge in [-0.15, -0.1) is 0 Å². The molecule has 1 aromatic heterocycles. The van der Waals surface area contributed by atoms with Crippen molar-refractivity contribution in [1.82, 2.24) is 4.98 Å². The second kappa shape index (κ2) is 8.39. The molecular weight excluding hydrogens is 358 g/mol. The summed E-state index contributed by atoms with van der Waals surface area (Å²) in [5, 5.41) is 2.73. The molecule has 0 atom stereocenters. The summed E-state index contributed by atoms with van der Waals surface area (Å²) in [5.74, 6) is 0.738. The molecule has 144 valence electrons. The van der Waals surface area contributed by atoms with Crippen molar-refractivity contribution in [1.29, 1.82) is 0 Å². The fourth-order valence-electron chi connectivity index (χ4n) is 2.67. The Balaban J connectivity index is 1.63. The van der Waals surface area contributed by atoms with E-state index in [9.17, 15) is 9.59 Å². The van der Waals surface area contributed by atoms with E-state index in [1.54, 1.807) is 12.3 Å². The number of rotatable bonds is 7. The number of ether oxygens (including phenoxy) is 1. The minimum absolute atomic E-state index is 0.164. The Morgan fingerprint density at radius 1 is 1.18 bits per heavy atom. The molecule has 0 unspecified atom stereocenters. The van der Waals surface area contributed by atoms with Crippen molar-refractivity contribution in [2.24, 2.45) is 5.73 Å². The minimum atomic E-state index is -0.582. The van der Waals surface area contributed by atoms with E-state index in [-0.39, 0.29) is 17.9 Å². The first-order valence-corrected chi connectivity index (χ1v) is 8.75. The Kier molecular flexibility index (Phi) is 5.74. The van der Waals surface area contributed by atoms with Crippen molar-refractivity contribution in [3.05, 3.63) is 65.7 Å². The maximum Gasteiger partial charge on any atom is 0.248 e. The normalized spacial score (nSPS) is 10.5. The van der Waals surface area contributed by atoms with E-state index in [2.05, 4.69) is 10.3 Å². The smallest absolute Gasteiger partial charge is 0.248 e. The van der Waals surface area contributed by atoms with Gasteiger partial charge >= 0.3 is 0 Å². The van der Waals surface area contributed by atoms with Gasteiger partial charge in [-0.3, -0.25) is 9.59 Å². The number of methoxy groups -OCH3 is 1. The maximum absolute atomic E-state index is 12.3. The number of nitrogens with zero attached hydrogens (tertiary/aromatic N) is 1. The number of amides is 2. The molecule has 28 heavy (non-hydrogen) atoms. The largest absolute Gasteiger partial charge is 0.495 e. The van der Waals surface area contributed by atoms with Crippen LogP contribution in [0.4, 0.5) is 5.69 Å². The van der Waals surface area contributed by atoms with Crippen LogP contribution in [0.5, 0.6) is 5.75 Å². The Bertz CT molecular complexity index is 993. The molecule has 0 saturated heterocycles. The fourth-order valence-corrected chi connectivity index (χ4v) is 2.67. The summed E-state index contributed by atoms with van der Waals surface area (Å²) in [6, 6.07) is 12.5. The second-order valence-corrected chi connectivity index (χ2v) is 6.31. The molecule has 0 aliphatic carbocycles. The number of hydrogen-bond acceptors (Lipinski definition) is 5. The molecule has 2 amide bonds. The number of aryl methyl sites for hydroxylation is 2. The molecule has 0 radical (unpaired) electrons. The van der Waals surface area contributed by atoms with Gasteiger partial charge in [0.15, 0.2) is 11.7 Å². The lowest BCUT2D eigenvalue weighted by Crippen LogP contribution is -2.15. The molecule has 7 heteroatoms. The predicted octanol–water partition coefficient (Wildman–Crippen LogP) is 3.33. The number of oxazole rings is 1. The molecule has 0 aliphatic heterocycles. The lowest BCUT2D eigenvalue weighted by Gasteiger charge is -2.11. The van der Waals surface area contributed by atoms with Crippen LogP contribution in [0.15, 0.2) is 53.1 Å². The topological polar surface area (TPSA) is 107 Å². The number of carbonyl (C=O) groups is 2. The van der Waals surface area contributed by atoms with Crippen LogP contribution < -0.4 is 15.8 Å². The number of primary amides is 1. The molecule has 0 bridgehead atoms. The highest BCUT2D eigenvalue weighted by Crippen LogP contribution is 2.26. The third kappa shape index (κ3) is 4.56. The third-order valence-electron chi connectivity index (χ3n) is 4.21. The molecule has 0 fully saturated rings. The molecular formula is C21H21N3O4. The third-order valence-corrected chi connectivity index (χ3v) is 4.21. The van der Waals surface area contributed by atoms with Crippen molar-refractivity contribution in [2.75, 3.05) is 12.4 Å². The Morgan fingerprint density at radius 3 is 2.61 bits per heavy atom. The van der Waals surface area contributed by atoms with E-state index in [1.165, 1.54) is 19.2 Å². The summed E-state index contributed by atoms with van der Waals surface area (Å²) in [6.07, 6.45) is 2.16. The van der Waals surface area contributed by atoms with Crippen LogP contribution in [-0.2, 0) is 11.2 Å². The Morgan fingerprint density at radius 2 is 1.93 bits per heavy atom. The van der Waals surface area contributed by atoms with Crippen molar-refractivity contribution in [3.63, 3.8) is 0 Å². The summed E-state index contributed by atoms with van der Waals surface area (Å²) in [5.41, 5.74) is 8.05. The van der Waals surface area contributed by atoms with E-state index in [0.29, 0.717) is 29.5 Å². The number of carbonyl (C=O) groups excluding carboxylic acids is 2. The van der Waals surface area contributed by atoms with Gasteiger partial charge in [-0.05, 0) is 25.1 Å². The van der Waals surface area contributed by atoms with Gasteiger partial charge in [0.1, 0.15) is 5.75 Å². The first-order chi connectivity index (χ1) is 13.5. The Labute approximate surface area is 162 Å². The van der Waals surface area contributed by atoms with E-state index < -0.39 is 5.91 Å². The zero-order chi connectivity index (χ0) is 20.1. The number of nitrogens with one attached hydrogen (secondary N) is 1. The van der Waals surface area contributed by atoms with Crippen LogP contribution in [0, 0.1) is 6.92 Å². The molecule has 1 heterocycles. The van der Waals surface area contributed by atoms with E-state index in [1.807, 2.05) is 31.2 Å². The van der Waals surface area contributed by atoms with Crippen molar-refractivity contribution in [3.8, 4) is 17.1 Å². The molecule has 3 aromatic rings. The van der Waals surface area contributed by atoms with Gasteiger partial charge in [-0.25, -0.2) is 4.98 Å². The average Bonchev–Trinajstić information content (AvgIpc) is 3.16. The minimum Gasteiger partial charge on any atom is -0.495 e. The van der Waals surface area contributed by atoms with Crippen LogP contribution in [0.3, 0.4) is 0 Å². The first kappa shape index (κ1) is 19.2. The molecule has 2 aromatic carbocycles. The van der Waals surface area contributed by atoms with Gasteiger partial charge < -0.3 is 20.2 Å². The fraction of sp³-hybridized carbons (Fsp3) is 0.190. The zero-order valence-electron chi connectivity index (χ0n) is 15.7. The first-order valence-electron chi connectivity index (χ1n) is 8.75. The maximum atomic E-state index is 12.3. The second-order valence-electron chi connectivity index (χ2n) is 6.31. The van der Waals surface area contributed by atoms with Gasteiger partial charge in [0.25, 0.3) is 0 Å². The lowest BCUT2D eigenvalue weighted by molar-refractivity contribution is -0.116.